The average molecular weight is 273 g/mol. The number of nitrogens with zero attached hydrogens (tertiary/aromatic N) is 3. The highest BCUT2D eigenvalue weighted by atomic mass is 16.6. The van der Waals surface area contributed by atoms with Crippen molar-refractivity contribution in [2.24, 2.45) is 0 Å². The number of hydrogen-bond donors (Lipinski definition) is 0. The lowest BCUT2D eigenvalue weighted by molar-refractivity contribution is -0.386. The molecule has 0 atom stereocenters. The van der Waals surface area contributed by atoms with Crippen molar-refractivity contribution in [3.05, 3.63) is 73.0 Å². The minimum atomic E-state index is -0.536. The molecule has 0 spiro atoms. The van der Waals surface area contributed by atoms with Crippen LogP contribution in [0.5, 0.6) is 0 Å². The van der Waals surface area contributed by atoms with Crippen LogP contribution in [0.3, 0.4) is 0 Å². The second kappa shape index (κ2) is 4.59. The molecule has 0 amide bonds. The minimum absolute atomic E-state index is 0.0628. The van der Waals surface area contributed by atoms with E-state index in [2.05, 4.69) is 0 Å². The molecule has 2 aromatic carbocycles. The SMILES string of the molecule is N#CC(C#N)=c1ccc2c(c1[N+](=O)[O-])C=c1ccccc1=2. The van der Waals surface area contributed by atoms with Crippen LogP contribution in [0, 0.1) is 43.2 Å². The van der Waals surface area contributed by atoms with E-state index in [1.54, 1.807) is 24.3 Å². The smallest absolute Gasteiger partial charge is 0.258 e. The Morgan fingerprint density at radius 1 is 1.05 bits per heavy atom. The summed E-state index contributed by atoms with van der Waals surface area (Å²) in [5, 5.41) is 32.0. The number of nitro benzene ring substituents is 1. The number of hydrogen-bond acceptors (Lipinski definition) is 4. The molecule has 98 valence electrons. The van der Waals surface area contributed by atoms with Gasteiger partial charge in [-0.3, -0.25) is 10.1 Å². The van der Waals surface area contributed by atoms with Crippen LogP contribution in [0.2, 0.25) is 0 Å². The highest BCUT2D eigenvalue weighted by Crippen LogP contribution is 2.19. The van der Waals surface area contributed by atoms with Gasteiger partial charge in [0.1, 0.15) is 17.7 Å². The Balaban J connectivity index is 2.62. The van der Waals surface area contributed by atoms with Gasteiger partial charge in [0.2, 0.25) is 0 Å². The summed E-state index contributed by atoms with van der Waals surface area (Å²) in [6.45, 7) is 0. The normalized spacial score (nSPS) is 10.6. The molecular formula is C16H7N3O2. The Morgan fingerprint density at radius 2 is 1.76 bits per heavy atom. The molecule has 5 heteroatoms. The number of rotatable bonds is 1. The highest BCUT2D eigenvalue weighted by Gasteiger charge is 2.20. The first-order valence-electron chi connectivity index (χ1n) is 6.10. The second-order valence-corrected chi connectivity index (χ2v) is 4.51. The summed E-state index contributed by atoms with van der Waals surface area (Å²) in [5.74, 6) is 0. The molecule has 0 heterocycles. The van der Waals surface area contributed by atoms with Gasteiger partial charge in [-0.25, -0.2) is 0 Å². The number of nitro groups is 1. The number of fused-ring (bicyclic) bond motifs is 2. The zero-order valence-electron chi connectivity index (χ0n) is 10.7. The van der Waals surface area contributed by atoms with Crippen molar-refractivity contribution < 1.29 is 4.92 Å². The van der Waals surface area contributed by atoms with Crippen LogP contribution in [0.4, 0.5) is 5.69 Å². The summed E-state index contributed by atoms with van der Waals surface area (Å²) >= 11 is 0. The van der Waals surface area contributed by atoms with Crippen LogP contribution in [0.15, 0.2) is 36.4 Å². The monoisotopic (exact) mass is 273 g/mol. The maximum absolute atomic E-state index is 11.4. The second-order valence-electron chi connectivity index (χ2n) is 4.51. The van der Waals surface area contributed by atoms with E-state index in [9.17, 15) is 10.1 Å². The molecule has 0 unspecified atom stereocenters. The first-order chi connectivity index (χ1) is 10.2. The Hall–Kier alpha value is -3.44. The molecule has 0 radical (unpaired) electrons. The van der Waals surface area contributed by atoms with Crippen molar-refractivity contribution in [3.63, 3.8) is 0 Å². The van der Waals surface area contributed by atoms with Crippen molar-refractivity contribution in [1.29, 1.82) is 10.5 Å². The predicted octanol–water partition coefficient (Wildman–Crippen LogP) is 1.22. The van der Waals surface area contributed by atoms with Gasteiger partial charge in [-0.1, -0.05) is 30.3 Å². The van der Waals surface area contributed by atoms with Gasteiger partial charge in [-0.15, -0.1) is 0 Å². The molecule has 0 saturated carbocycles. The Bertz CT molecular complexity index is 1070. The summed E-state index contributed by atoms with van der Waals surface area (Å²) in [7, 11) is 0. The molecule has 0 bridgehead atoms. The van der Waals surface area contributed by atoms with Crippen LogP contribution in [-0.4, -0.2) is 4.92 Å². The highest BCUT2D eigenvalue weighted by molar-refractivity contribution is 5.77. The molecule has 5 nitrogen and oxygen atoms in total. The van der Waals surface area contributed by atoms with Crippen LogP contribution in [0.25, 0.3) is 11.6 Å². The zero-order chi connectivity index (χ0) is 15.0. The van der Waals surface area contributed by atoms with E-state index < -0.39 is 4.92 Å². The maximum atomic E-state index is 11.4. The average Bonchev–Trinajstić information content (AvgIpc) is 2.86. The minimum Gasteiger partial charge on any atom is -0.258 e. The van der Waals surface area contributed by atoms with Crippen molar-refractivity contribution in [2.75, 3.05) is 0 Å². The van der Waals surface area contributed by atoms with E-state index in [-0.39, 0.29) is 16.5 Å². The molecule has 2 aromatic rings. The maximum Gasteiger partial charge on any atom is 0.286 e. The third-order valence-electron chi connectivity index (χ3n) is 3.44. The van der Waals surface area contributed by atoms with E-state index >= 15 is 0 Å². The molecule has 21 heavy (non-hydrogen) atoms. The summed E-state index contributed by atoms with van der Waals surface area (Å²) in [6, 6.07) is 14.1. The van der Waals surface area contributed by atoms with Gasteiger partial charge in [0, 0.05) is 0 Å². The zero-order valence-corrected chi connectivity index (χ0v) is 10.7. The molecule has 1 aliphatic rings. The number of nitriles is 2. The van der Waals surface area contributed by atoms with Gasteiger partial charge >= 0.3 is 0 Å². The molecular weight excluding hydrogens is 266 g/mol. The molecule has 0 aliphatic heterocycles. The lowest BCUT2D eigenvalue weighted by atomic mass is 10.1. The standard InChI is InChI=1S/C16H7N3O2/c17-8-11(9-18)13-5-6-14-12-4-2-1-3-10(12)7-15(14)16(13)19(20)21/h1-7H. The Kier molecular flexibility index (Phi) is 2.75. The van der Waals surface area contributed by atoms with Crippen LogP contribution < -0.4 is 10.4 Å². The largest absolute Gasteiger partial charge is 0.286 e. The van der Waals surface area contributed by atoms with Gasteiger partial charge in [0.05, 0.1) is 15.7 Å². The van der Waals surface area contributed by atoms with Crippen molar-refractivity contribution >= 4 is 17.3 Å². The lowest BCUT2D eigenvalue weighted by Gasteiger charge is -1.98. The topological polar surface area (TPSA) is 90.7 Å². The summed E-state index contributed by atoms with van der Waals surface area (Å²) < 4.78 is 0. The molecule has 3 rings (SSSR count). The first kappa shape index (κ1) is 12.6. The quantitative estimate of drug-likeness (QED) is 0.492. The van der Waals surface area contributed by atoms with E-state index in [1.165, 1.54) is 6.07 Å². The Labute approximate surface area is 118 Å². The van der Waals surface area contributed by atoms with Gasteiger partial charge in [-0.2, -0.15) is 10.5 Å². The van der Waals surface area contributed by atoms with Crippen LogP contribution in [0.1, 0.15) is 5.56 Å². The van der Waals surface area contributed by atoms with E-state index in [0.717, 1.165) is 15.7 Å². The fourth-order valence-corrected chi connectivity index (χ4v) is 2.56. The molecule has 0 fully saturated rings. The molecule has 0 aromatic heterocycles. The van der Waals surface area contributed by atoms with Crippen LogP contribution >= 0.6 is 0 Å². The van der Waals surface area contributed by atoms with Crippen LogP contribution in [-0.2, 0) is 0 Å². The van der Waals surface area contributed by atoms with Gasteiger partial charge in [0.25, 0.3) is 5.69 Å². The van der Waals surface area contributed by atoms with E-state index in [0.29, 0.717) is 5.56 Å². The fraction of sp³-hybridized carbons (Fsp3) is 0. The van der Waals surface area contributed by atoms with Gasteiger partial charge < -0.3 is 0 Å². The third-order valence-corrected chi connectivity index (χ3v) is 3.44. The van der Waals surface area contributed by atoms with Gasteiger partial charge in [0.15, 0.2) is 0 Å². The summed E-state index contributed by atoms with van der Waals surface area (Å²) in [5.41, 5.74) is -0.00245. The van der Waals surface area contributed by atoms with Gasteiger partial charge in [-0.05, 0) is 27.8 Å². The Morgan fingerprint density at radius 3 is 2.43 bits per heavy atom. The fourth-order valence-electron chi connectivity index (χ4n) is 2.56. The van der Waals surface area contributed by atoms with E-state index in [4.69, 9.17) is 10.5 Å². The first-order valence-corrected chi connectivity index (χ1v) is 6.10. The molecule has 0 N–H and O–H groups in total. The third kappa shape index (κ3) is 1.77. The lowest BCUT2D eigenvalue weighted by Crippen LogP contribution is -2.13. The predicted molar refractivity (Wildman–Crippen MR) is 74.7 cm³/mol. The van der Waals surface area contributed by atoms with Crippen molar-refractivity contribution in [1.82, 2.24) is 0 Å². The van der Waals surface area contributed by atoms with E-state index in [1.807, 2.05) is 24.3 Å². The molecule has 1 aliphatic carbocycles. The summed E-state index contributed by atoms with van der Waals surface area (Å²) in [6.07, 6.45) is 1.72. The van der Waals surface area contributed by atoms with Crippen molar-refractivity contribution in [2.45, 2.75) is 0 Å². The number of benzene rings is 2. The van der Waals surface area contributed by atoms with Crippen molar-refractivity contribution in [3.8, 4) is 12.1 Å². The molecule has 0 saturated heterocycles. The summed E-state index contributed by atoms with van der Waals surface area (Å²) in [4.78, 5) is 10.9.